The minimum Gasteiger partial charge on any atom is -0.341 e. The smallest absolute Gasteiger partial charge is 0.307 e. The molecule has 5 rings (SSSR count). The summed E-state index contributed by atoms with van der Waals surface area (Å²) >= 11 is 1.30. The third-order valence-electron chi connectivity index (χ3n) is 5.32. The molecule has 0 unspecified atom stereocenters. The molecule has 3 heterocycles. The van der Waals surface area contributed by atoms with Crippen LogP contribution in [0, 0.1) is 0 Å². The fourth-order valence-electron chi connectivity index (χ4n) is 3.90. The van der Waals surface area contributed by atoms with Crippen molar-refractivity contribution in [3.8, 4) is 11.1 Å². The molecule has 0 radical (unpaired) electrons. The molecule has 0 atom stereocenters. The maximum Gasteiger partial charge on any atom is 0.307 e. The van der Waals surface area contributed by atoms with Crippen LogP contribution >= 0.6 is 11.3 Å². The highest BCUT2D eigenvalue weighted by molar-refractivity contribution is 7.16. The number of nitrogens with zero attached hydrogens (tertiary/aromatic N) is 4. The van der Waals surface area contributed by atoms with Gasteiger partial charge in [0.05, 0.1) is 16.4 Å². The molecule has 4 aromatic rings. The standard InChI is InChI=1S/C21H20N4OS/c1-23-13-16(12-22-23)14-5-7-18-15(10-14)4-3-9-25(18)17-6-8-20-19(11-17)24(2)21(26)27-20/h5-8,10-13H,3-4,9H2,1-2H3. The lowest BCUT2D eigenvalue weighted by molar-refractivity contribution is 0.766. The van der Waals surface area contributed by atoms with Crippen molar-refractivity contribution in [1.29, 1.82) is 0 Å². The minimum atomic E-state index is 0.0855. The fourth-order valence-corrected chi connectivity index (χ4v) is 4.76. The van der Waals surface area contributed by atoms with Crippen LogP contribution in [-0.4, -0.2) is 20.9 Å². The van der Waals surface area contributed by atoms with Gasteiger partial charge < -0.3 is 9.47 Å². The van der Waals surface area contributed by atoms with E-state index in [2.05, 4.69) is 46.4 Å². The molecule has 136 valence electrons. The Hall–Kier alpha value is -2.86. The normalized spacial score (nSPS) is 13.9. The number of hydrogen-bond donors (Lipinski definition) is 0. The first-order valence-corrected chi connectivity index (χ1v) is 9.91. The molecule has 27 heavy (non-hydrogen) atoms. The molecule has 0 spiro atoms. The predicted molar refractivity (Wildman–Crippen MR) is 111 cm³/mol. The van der Waals surface area contributed by atoms with Crippen molar-refractivity contribution in [1.82, 2.24) is 14.3 Å². The van der Waals surface area contributed by atoms with Crippen LogP contribution in [0.4, 0.5) is 11.4 Å². The van der Waals surface area contributed by atoms with E-state index in [1.807, 2.05) is 31.2 Å². The fraction of sp³-hybridized carbons (Fsp3) is 0.238. The molecule has 0 N–H and O–H groups in total. The van der Waals surface area contributed by atoms with Gasteiger partial charge in [-0.15, -0.1) is 0 Å². The van der Waals surface area contributed by atoms with Crippen LogP contribution in [0.15, 0.2) is 53.6 Å². The molecule has 0 amide bonds. The maximum absolute atomic E-state index is 12.0. The lowest BCUT2D eigenvalue weighted by Gasteiger charge is -2.32. The average molecular weight is 376 g/mol. The highest BCUT2D eigenvalue weighted by Gasteiger charge is 2.20. The lowest BCUT2D eigenvalue weighted by Crippen LogP contribution is -2.24. The number of aromatic nitrogens is 3. The van der Waals surface area contributed by atoms with E-state index >= 15 is 0 Å². The zero-order valence-electron chi connectivity index (χ0n) is 15.3. The van der Waals surface area contributed by atoms with Crippen LogP contribution in [0.1, 0.15) is 12.0 Å². The molecular formula is C21H20N4OS. The number of thiazole rings is 1. The van der Waals surface area contributed by atoms with Gasteiger partial charge in [0.1, 0.15) is 0 Å². The number of anilines is 2. The van der Waals surface area contributed by atoms with Crippen LogP contribution in [0.2, 0.25) is 0 Å². The van der Waals surface area contributed by atoms with Crippen LogP contribution in [0.25, 0.3) is 21.3 Å². The van der Waals surface area contributed by atoms with Crippen molar-refractivity contribution >= 4 is 32.9 Å². The highest BCUT2D eigenvalue weighted by Crippen LogP contribution is 2.37. The topological polar surface area (TPSA) is 43.1 Å². The summed E-state index contributed by atoms with van der Waals surface area (Å²) < 4.78 is 4.61. The molecule has 6 heteroatoms. The zero-order valence-corrected chi connectivity index (χ0v) is 16.2. The van der Waals surface area contributed by atoms with Crippen LogP contribution in [0.5, 0.6) is 0 Å². The first kappa shape index (κ1) is 16.3. The summed E-state index contributed by atoms with van der Waals surface area (Å²) in [6.07, 6.45) is 6.16. The largest absolute Gasteiger partial charge is 0.341 e. The van der Waals surface area contributed by atoms with Crippen molar-refractivity contribution in [2.24, 2.45) is 14.1 Å². The number of fused-ring (bicyclic) bond motifs is 2. The number of benzene rings is 2. The second kappa shape index (κ2) is 6.09. The van der Waals surface area contributed by atoms with Crippen LogP contribution in [0.3, 0.4) is 0 Å². The van der Waals surface area contributed by atoms with E-state index in [-0.39, 0.29) is 4.87 Å². The Kier molecular flexibility index (Phi) is 3.68. The molecule has 0 aliphatic carbocycles. The Labute approximate surface area is 161 Å². The Morgan fingerprint density at radius 3 is 2.78 bits per heavy atom. The van der Waals surface area contributed by atoms with Crippen LogP contribution in [-0.2, 0) is 20.5 Å². The lowest BCUT2D eigenvalue weighted by atomic mass is 9.97. The van der Waals surface area contributed by atoms with Gasteiger partial charge in [0.25, 0.3) is 0 Å². The van der Waals surface area contributed by atoms with E-state index in [4.69, 9.17) is 0 Å². The third-order valence-corrected chi connectivity index (χ3v) is 6.34. The summed E-state index contributed by atoms with van der Waals surface area (Å²) in [7, 11) is 3.78. The van der Waals surface area contributed by atoms with E-state index < -0.39 is 0 Å². The molecule has 1 aliphatic heterocycles. The summed E-state index contributed by atoms with van der Waals surface area (Å²) in [5.74, 6) is 0. The highest BCUT2D eigenvalue weighted by atomic mass is 32.1. The van der Waals surface area contributed by atoms with Crippen molar-refractivity contribution in [3.05, 3.63) is 64.0 Å². The summed E-state index contributed by atoms with van der Waals surface area (Å²) in [5.41, 5.74) is 7.12. The second-order valence-electron chi connectivity index (χ2n) is 7.08. The summed E-state index contributed by atoms with van der Waals surface area (Å²) in [6, 6.07) is 13.0. The van der Waals surface area contributed by atoms with Crippen molar-refractivity contribution < 1.29 is 0 Å². The van der Waals surface area contributed by atoms with Crippen molar-refractivity contribution in [3.63, 3.8) is 0 Å². The summed E-state index contributed by atoms with van der Waals surface area (Å²) in [5, 5.41) is 4.29. The maximum atomic E-state index is 12.0. The quantitative estimate of drug-likeness (QED) is 0.529. The molecule has 0 saturated carbocycles. The summed E-state index contributed by atoms with van der Waals surface area (Å²) in [4.78, 5) is 14.4. The van der Waals surface area contributed by atoms with Gasteiger partial charge >= 0.3 is 4.87 Å². The average Bonchev–Trinajstić information content (AvgIpc) is 3.24. The van der Waals surface area contributed by atoms with Gasteiger partial charge in [-0.3, -0.25) is 9.48 Å². The monoisotopic (exact) mass is 376 g/mol. The van der Waals surface area contributed by atoms with Gasteiger partial charge in [0.15, 0.2) is 0 Å². The molecule has 0 bridgehead atoms. The molecule has 2 aromatic carbocycles. The van der Waals surface area contributed by atoms with Gasteiger partial charge in [-0.25, -0.2) is 0 Å². The van der Waals surface area contributed by atoms with Crippen molar-refractivity contribution in [2.45, 2.75) is 12.8 Å². The molecule has 2 aromatic heterocycles. The predicted octanol–water partition coefficient (Wildman–Crippen LogP) is 4.08. The Bertz CT molecular complexity index is 1220. The van der Waals surface area contributed by atoms with Gasteiger partial charge in [0, 0.05) is 43.8 Å². The van der Waals surface area contributed by atoms with Gasteiger partial charge in [-0.1, -0.05) is 17.4 Å². The van der Waals surface area contributed by atoms with E-state index in [9.17, 15) is 4.79 Å². The molecule has 5 nitrogen and oxygen atoms in total. The van der Waals surface area contributed by atoms with E-state index in [1.165, 1.54) is 28.2 Å². The minimum absolute atomic E-state index is 0.0855. The van der Waals surface area contributed by atoms with E-state index in [1.54, 1.807) is 4.57 Å². The Balaban J connectivity index is 1.58. The SMILES string of the molecule is Cn1cc(-c2ccc3c(c2)CCCN3c2ccc3sc(=O)n(C)c3c2)cn1. The number of hydrogen-bond acceptors (Lipinski definition) is 4. The molecule has 0 fully saturated rings. The zero-order chi connectivity index (χ0) is 18.5. The second-order valence-corrected chi connectivity index (χ2v) is 8.07. The summed E-state index contributed by atoms with van der Waals surface area (Å²) in [6.45, 7) is 0.989. The third kappa shape index (κ3) is 2.68. The first-order chi connectivity index (χ1) is 13.1. The molecule has 0 saturated heterocycles. The first-order valence-electron chi connectivity index (χ1n) is 9.09. The Morgan fingerprint density at radius 2 is 1.96 bits per heavy atom. The number of rotatable bonds is 2. The van der Waals surface area contributed by atoms with E-state index in [0.717, 1.165) is 40.9 Å². The molecule has 1 aliphatic rings. The number of aryl methyl sites for hydroxylation is 3. The van der Waals surface area contributed by atoms with E-state index in [0.29, 0.717) is 0 Å². The van der Waals surface area contributed by atoms with Gasteiger partial charge in [-0.05, 0) is 54.3 Å². The molecular weight excluding hydrogens is 356 g/mol. The van der Waals surface area contributed by atoms with Gasteiger partial charge in [-0.2, -0.15) is 5.10 Å². The van der Waals surface area contributed by atoms with Crippen LogP contribution < -0.4 is 9.77 Å². The van der Waals surface area contributed by atoms with Crippen molar-refractivity contribution in [2.75, 3.05) is 11.4 Å². The Morgan fingerprint density at radius 1 is 1.07 bits per heavy atom. The van der Waals surface area contributed by atoms with Gasteiger partial charge in [0.2, 0.25) is 0 Å².